The summed E-state index contributed by atoms with van der Waals surface area (Å²) in [6.45, 7) is 0.601. The second kappa shape index (κ2) is 3.41. The van der Waals surface area contributed by atoms with E-state index < -0.39 is 0 Å². The van der Waals surface area contributed by atoms with Gasteiger partial charge in [0.1, 0.15) is 0 Å². The van der Waals surface area contributed by atoms with Crippen LogP contribution in [0.3, 0.4) is 0 Å². The SMILES string of the molecule is CN(C)C(=O)[C@H]1C[C@@H](O)CN1C. The molecule has 0 bridgehead atoms. The normalized spacial score (nSPS) is 30.7. The topological polar surface area (TPSA) is 43.8 Å². The molecule has 12 heavy (non-hydrogen) atoms. The number of carbonyl (C=O) groups is 1. The van der Waals surface area contributed by atoms with Gasteiger partial charge in [0.15, 0.2) is 0 Å². The van der Waals surface area contributed by atoms with Gasteiger partial charge in [-0.25, -0.2) is 0 Å². The Labute approximate surface area is 72.8 Å². The van der Waals surface area contributed by atoms with Crippen LogP contribution >= 0.6 is 0 Å². The predicted molar refractivity (Wildman–Crippen MR) is 45.7 cm³/mol. The number of aliphatic hydroxyl groups excluding tert-OH is 1. The fourth-order valence-electron chi connectivity index (χ4n) is 1.56. The van der Waals surface area contributed by atoms with Crippen LogP contribution in [-0.2, 0) is 4.79 Å². The van der Waals surface area contributed by atoms with Gasteiger partial charge in [-0.1, -0.05) is 0 Å². The zero-order chi connectivity index (χ0) is 9.30. The van der Waals surface area contributed by atoms with Gasteiger partial charge in [-0.05, 0) is 13.5 Å². The fourth-order valence-corrected chi connectivity index (χ4v) is 1.56. The van der Waals surface area contributed by atoms with Crippen LogP contribution in [0.15, 0.2) is 0 Å². The van der Waals surface area contributed by atoms with Crippen LogP contribution in [0.4, 0.5) is 0 Å². The van der Waals surface area contributed by atoms with Crippen molar-refractivity contribution < 1.29 is 9.90 Å². The molecule has 1 aliphatic rings. The highest BCUT2D eigenvalue weighted by Gasteiger charge is 2.33. The molecule has 1 amide bonds. The van der Waals surface area contributed by atoms with Gasteiger partial charge < -0.3 is 10.0 Å². The van der Waals surface area contributed by atoms with Crippen LogP contribution in [0.25, 0.3) is 0 Å². The lowest BCUT2D eigenvalue weighted by molar-refractivity contribution is -0.133. The van der Waals surface area contributed by atoms with E-state index in [-0.39, 0.29) is 18.1 Å². The molecule has 0 saturated carbocycles. The Morgan fingerprint density at radius 1 is 1.58 bits per heavy atom. The summed E-state index contributed by atoms with van der Waals surface area (Å²) in [5.74, 6) is 0.0778. The van der Waals surface area contributed by atoms with Crippen LogP contribution < -0.4 is 0 Å². The first-order valence-corrected chi connectivity index (χ1v) is 4.12. The van der Waals surface area contributed by atoms with Crippen molar-refractivity contribution in [2.45, 2.75) is 18.6 Å². The molecule has 1 rings (SSSR count). The minimum atomic E-state index is -0.344. The Morgan fingerprint density at radius 3 is 2.50 bits per heavy atom. The molecule has 1 aliphatic heterocycles. The molecule has 4 nitrogen and oxygen atoms in total. The van der Waals surface area contributed by atoms with Crippen molar-refractivity contribution >= 4 is 5.91 Å². The van der Waals surface area contributed by atoms with Crippen molar-refractivity contribution in [2.75, 3.05) is 27.7 Å². The largest absolute Gasteiger partial charge is 0.392 e. The van der Waals surface area contributed by atoms with Gasteiger partial charge in [0, 0.05) is 20.6 Å². The third kappa shape index (κ3) is 1.76. The predicted octanol–water partition coefficient (Wildman–Crippen LogP) is -0.860. The molecular formula is C8H16N2O2. The Bertz CT molecular complexity index is 182. The molecule has 4 heteroatoms. The number of nitrogens with zero attached hydrogens (tertiary/aromatic N) is 2. The molecule has 0 aliphatic carbocycles. The van der Waals surface area contributed by atoms with Crippen LogP contribution in [-0.4, -0.2) is 60.6 Å². The number of likely N-dealkylation sites (tertiary alicyclic amines) is 1. The average Bonchev–Trinajstić information content (AvgIpc) is 2.28. The van der Waals surface area contributed by atoms with Crippen LogP contribution in [0.1, 0.15) is 6.42 Å². The van der Waals surface area contributed by atoms with E-state index in [0.29, 0.717) is 13.0 Å². The summed E-state index contributed by atoms with van der Waals surface area (Å²) >= 11 is 0. The Morgan fingerprint density at radius 2 is 2.17 bits per heavy atom. The maximum absolute atomic E-state index is 11.5. The fraction of sp³-hybridized carbons (Fsp3) is 0.875. The Kier molecular flexibility index (Phi) is 2.69. The molecular weight excluding hydrogens is 156 g/mol. The molecule has 0 aromatic carbocycles. The lowest BCUT2D eigenvalue weighted by atomic mass is 10.2. The zero-order valence-electron chi connectivity index (χ0n) is 7.82. The summed E-state index contributed by atoms with van der Waals surface area (Å²) in [5.41, 5.74) is 0. The van der Waals surface area contributed by atoms with Crippen molar-refractivity contribution in [3.8, 4) is 0 Å². The number of carbonyl (C=O) groups excluding carboxylic acids is 1. The number of aliphatic hydroxyl groups is 1. The van der Waals surface area contributed by atoms with Crippen molar-refractivity contribution in [3.63, 3.8) is 0 Å². The summed E-state index contributed by atoms with van der Waals surface area (Å²) in [4.78, 5) is 14.9. The van der Waals surface area contributed by atoms with Crippen LogP contribution in [0.5, 0.6) is 0 Å². The molecule has 1 fully saturated rings. The monoisotopic (exact) mass is 172 g/mol. The van der Waals surface area contributed by atoms with Gasteiger partial charge >= 0.3 is 0 Å². The van der Waals surface area contributed by atoms with E-state index in [2.05, 4.69) is 0 Å². The second-order valence-corrected chi connectivity index (χ2v) is 3.58. The van der Waals surface area contributed by atoms with Crippen LogP contribution in [0.2, 0.25) is 0 Å². The number of rotatable bonds is 1. The minimum Gasteiger partial charge on any atom is -0.392 e. The van der Waals surface area contributed by atoms with Gasteiger partial charge in [0.05, 0.1) is 12.1 Å². The van der Waals surface area contributed by atoms with Gasteiger partial charge in [0.25, 0.3) is 0 Å². The van der Waals surface area contributed by atoms with Crippen LogP contribution in [0, 0.1) is 0 Å². The van der Waals surface area contributed by atoms with E-state index >= 15 is 0 Å². The standard InChI is InChI=1S/C8H16N2O2/c1-9(2)8(12)7-4-6(11)5-10(7)3/h6-7,11H,4-5H2,1-3H3/t6-,7-/m1/s1. The summed E-state index contributed by atoms with van der Waals surface area (Å²) < 4.78 is 0. The number of β-amino-alcohol motifs (C(OH)–C–C–N with tert-alkyl or cyclic N) is 1. The maximum Gasteiger partial charge on any atom is 0.239 e. The Hall–Kier alpha value is -0.610. The Balaban J connectivity index is 2.58. The third-order valence-corrected chi connectivity index (χ3v) is 2.25. The molecule has 0 unspecified atom stereocenters. The highest BCUT2D eigenvalue weighted by Crippen LogP contribution is 2.16. The number of hydrogen-bond acceptors (Lipinski definition) is 3. The minimum absolute atomic E-state index is 0.0778. The van der Waals surface area contributed by atoms with Crippen molar-refractivity contribution in [2.24, 2.45) is 0 Å². The number of hydrogen-bond donors (Lipinski definition) is 1. The van der Waals surface area contributed by atoms with E-state index in [9.17, 15) is 9.90 Å². The smallest absolute Gasteiger partial charge is 0.239 e. The second-order valence-electron chi connectivity index (χ2n) is 3.58. The first kappa shape index (κ1) is 9.48. The molecule has 0 radical (unpaired) electrons. The lowest BCUT2D eigenvalue weighted by Gasteiger charge is -2.21. The van der Waals surface area contributed by atoms with Crippen molar-refractivity contribution in [3.05, 3.63) is 0 Å². The molecule has 2 atom stereocenters. The summed E-state index contributed by atoms with van der Waals surface area (Å²) in [6.07, 6.45) is 0.219. The van der Waals surface area contributed by atoms with E-state index in [4.69, 9.17) is 0 Å². The summed E-state index contributed by atoms with van der Waals surface area (Å²) in [6, 6.07) is -0.130. The van der Waals surface area contributed by atoms with Gasteiger partial charge in [-0.15, -0.1) is 0 Å². The average molecular weight is 172 g/mol. The molecule has 1 heterocycles. The van der Waals surface area contributed by atoms with E-state index in [1.165, 1.54) is 0 Å². The molecule has 0 aromatic heterocycles. The highest BCUT2D eigenvalue weighted by molar-refractivity contribution is 5.81. The molecule has 70 valence electrons. The van der Waals surface area contributed by atoms with Crippen molar-refractivity contribution in [1.82, 2.24) is 9.80 Å². The molecule has 1 saturated heterocycles. The van der Waals surface area contributed by atoms with Crippen molar-refractivity contribution in [1.29, 1.82) is 0 Å². The van der Waals surface area contributed by atoms with Gasteiger partial charge in [0.2, 0.25) is 5.91 Å². The maximum atomic E-state index is 11.5. The first-order chi connectivity index (χ1) is 5.52. The van der Waals surface area contributed by atoms with Gasteiger partial charge in [-0.3, -0.25) is 9.69 Å². The van der Waals surface area contributed by atoms with E-state index in [1.807, 2.05) is 11.9 Å². The number of amides is 1. The summed E-state index contributed by atoms with van der Waals surface area (Å²) in [5, 5.41) is 9.29. The van der Waals surface area contributed by atoms with E-state index in [1.54, 1.807) is 19.0 Å². The zero-order valence-corrected chi connectivity index (χ0v) is 7.82. The first-order valence-electron chi connectivity index (χ1n) is 4.12. The number of likely N-dealkylation sites (N-methyl/N-ethyl adjacent to an activating group) is 2. The third-order valence-electron chi connectivity index (χ3n) is 2.25. The lowest BCUT2D eigenvalue weighted by Crippen LogP contribution is -2.40. The quantitative estimate of drug-likeness (QED) is 0.559. The molecule has 1 N–H and O–H groups in total. The van der Waals surface area contributed by atoms with Gasteiger partial charge in [-0.2, -0.15) is 0 Å². The molecule has 0 aromatic rings. The molecule has 0 spiro atoms. The van der Waals surface area contributed by atoms with E-state index in [0.717, 1.165) is 0 Å². The summed E-state index contributed by atoms with van der Waals surface area (Å²) in [7, 11) is 5.34. The highest BCUT2D eigenvalue weighted by atomic mass is 16.3.